The van der Waals surface area contributed by atoms with Crippen molar-refractivity contribution in [3.8, 4) is 0 Å². The van der Waals surface area contributed by atoms with E-state index in [-0.39, 0.29) is 24.7 Å². The molecule has 0 aliphatic heterocycles. The van der Waals surface area contributed by atoms with E-state index in [9.17, 15) is 13.6 Å². The fourth-order valence-electron chi connectivity index (χ4n) is 2.33. The van der Waals surface area contributed by atoms with E-state index in [0.29, 0.717) is 12.8 Å². The Morgan fingerprint density at radius 3 is 2.44 bits per heavy atom. The number of hydrogen-bond acceptors (Lipinski definition) is 1. The van der Waals surface area contributed by atoms with E-state index in [1.165, 1.54) is 0 Å². The molecule has 5 heteroatoms. The summed E-state index contributed by atoms with van der Waals surface area (Å²) in [6, 6.07) is 0. The van der Waals surface area contributed by atoms with Crippen molar-refractivity contribution < 1.29 is 13.6 Å². The first-order chi connectivity index (χ1) is 8.46. The Balaban J connectivity index is 2.27. The number of hydrogen-bond donors (Lipinski definition) is 0. The van der Waals surface area contributed by atoms with Crippen molar-refractivity contribution in [3.63, 3.8) is 0 Å². The third kappa shape index (κ3) is 5.21. The monoisotopic (exact) mass is 325 g/mol. The maximum absolute atomic E-state index is 13.0. The highest BCUT2D eigenvalue weighted by atomic mass is 79.9. The van der Waals surface area contributed by atoms with Gasteiger partial charge in [-0.2, -0.15) is 0 Å². The molecule has 18 heavy (non-hydrogen) atoms. The highest BCUT2D eigenvalue weighted by molar-refractivity contribution is 9.09. The van der Waals surface area contributed by atoms with Gasteiger partial charge in [-0.15, -0.1) is 0 Å². The normalized spacial score (nSPS) is 19.8. The summed E-state index contributed by atoms with van der Waals surface area (Å²) in [7, 11) is 1.78. The minimum atomic E-state index is -2.55. The largest absolute Gasteiger partial charge is 0.346 e. The van der Waals surface area contributed by atoms with E-state index < -0.39 is 5.92 Å². The van der Waals surface area contributed by atoms with Gasteiger partial charge >= 0.3 is 0 Å². The molecule has 1 aliphatic rings. The Hall–Kier alpha value is -0.190. The van der Waals surface area contributed by atoms with Crippen molar-refractivity contribution in [1.29, 1.82) is 0 Å². The van der Waals surface area contributed by atoms with Crippen LogP contribution in [0.2, 0.25) is 0 Å². The van der Waals surface area contributed by atoms with Gasteiger partial charge in [-0.1, -0.05) is 22.4 Å². The van der Waals surface area contributed by atoms with Gasteiger partial charge in [0.05, 0.1) is 0 Å². The summed E-state index contributed by atoms with van der Waals surface area (Å²) in [6.45, 7) is 0.735. The van der Waals surface area contributed by atoms with Gasteiger partial charge in [-0.05, 0) is 25.7 Å². The maximum Gasteiger partial charge on any atom is 0.248 e. The third-order valence-corrected chi connectivity index (χ3v) is 4.13. The lowest BCUT2D eigenvalue weighted by molar-refractivity contribution is -0.138. The summed E-state index contributed by atoms with van der Waals surface area (Å²) in [5, 5.41) is 0.988. The van der Waals surface area contributed by atoms with Gasteiger partial charge in [-0.3, -0.25) is 4.79 Å². The van der Waals surface area contributed by atoms with Gasteiger partial charge in [-0.25, -0.2) is 8.78 Å². The Morgan fingerprint density at radius 1 is 1.28 bits per heavy atom. The van der Waals surface area contributed by atoms with Crippen molar-refractivity contribution in [1.82, 2.24) is 4.90 Å². The second-order valence-corrected chi connectivity index (χ2v) is 5.93. The highest BCUT2D eigenvalue weighted by Crippen LogP contribution is 2.36. The summed E-state index contributed by atoms with van der Waals surface area (Å²) in [5.74, 6) is -2.69. The van der Waals surface area contributed by atoms with E-state index in [2.05, 4.69) is 15.9 Å². The zero-order valence-corrected chi connectivity index (χ0v) is 12.5. The molecule has 0 aromatic rings. The zero-order chi connectivity index (χ0) is 13.6. The fourth-order valence-corrected chi connectivity index (χ4v) is 2.73. The van der Waals surface area contributed by atoms with E-state index >= 15 is 0 Å². The minimum Gasteiger partial charge on any atom is -0.346 e. The van der Waals surface area contributed by atoms with E-state index in [4.69, 9.17) is 0 Å². The Morgan fingerprint density at radius 2 is 1.89 bits per heavy atom. The fraction of sp³-hybridized carbons (Fsp3) is 0.923. The first-order valence-corrected chi connectivity index (χ1v) is 7.77. The summed E-state index contributed by atoms with van der Waals surface area (Å²) >= 11 is 3.37. The van der Waals surface area contributed by atoms with Crippen LogP contribution < -0.4 is 0 Å². The highest BCUT2D eigenvalue weighted by Gasteiger charge is 2.37. The number of rotatable bonds is 6. The van der Waals surface area contributed by atoms with Gasteiger partial charge in [0.25, 0.3) is 0 Å². The van der Waals surface area contributed by atoms with Gasteiger partial charge in [0.2, 0.25) is 11.8 Å². The topological polar surface area (TPSA) is 20.3 Å². The van der Waals surface area contributed by atoms with E-state index in [1.54, 1.807) is 11.9 Å². The quantitative estimate of drug-likeness (QED) is 0.536. The number of carbonyl (C=O) groups excluding carboxylic acids is 1. The molecule has 2 nitrogen and oxygen atoms in total. The lowest BCUT2D eigenvalue weighted by Crippen LogP contribution is -2.37. The van der Waals surface area contributed by atoms with Crippen LogP contribution in [-0.4, -0.2) is 35.7 Å². The molecule has 0 N–H and O–H groups in total. The molecule has 1 aliphatic carbocycles. The third-order valence-electron chi connectivity index (χ3n) is 3.57. The molecule has 1 fully saturated rings. The van der Waals surface area contributed by atoms with Crippen LogP contribution in [0.4, 0.5) is 8.78 Å². The summed E-state index contributed by atoms with van der Waals surface area (Å²) in [6.07, 6.45) is 3.57. The predicted octanol–water partition coefficient (Wildman–Crippen LogP) is 3.84. The van der Waals surface area contributed by atoms with Crippen LogP contribution in [0.5, 0.6) is 0 Å². The Labute approximate surface area is 116 Å². The zero-order valence-electron chi connectivity index (χ0n) is 10.9. The number of carbonyl (C=O) groups is 1. The van der Waals surface area contributed by atoms with Crippen LogP contribution in [0.3, 0.4) is 0 Å². The average molecular weight is 326 g/mol. The van der Waals surface area contributed by atoms with Crippen molar-refractivity contribution in [3.05, 3.63) is 0 Å². The second-order valence-electron chi connectivity index (χ2n) is 5.14. The van der Waals surface area contributed by atoms with Crippen LogP contribution in [0.15, 0.2) is 0 Å². The van der Waals surface area contributed by atoms with Crippen LogP contribution in [-0.2, 0) is 4.79 Å². The van der Waals surface area contributed by atoms with Crippen LogP contribution in [0, 0.1) is 5.92 Å². The van der Waals surface area contributed by atoms with Gasteiger partial charge < -0.3 is 4.90 Å². The SMILES string of the molecule is CN(CCCCCBr)C(=O)C1CCC(F)(F)CC1. The minimum absolute atomic E-state index is 0.0457. The summed E-state index contributed by atoms with van der Waals surface area (Å²) < 4.78 is 26.0. The maximum atomic E-state index is 13.0. The molecular weight excluding hydrogens is 304 g/mol. The number of unbranched alkanes of at least 4 members (excludes halogenated alkanes) is 2. The van der Waals surface area contributed by atoms with Crippen molar-refractivity contribution in [2.75, 3.05) is 18.9 Å². The van der Waals surface area contributed by atoms with Crippen LogP contribution >= 0.6 is 15.9 Å². The number of nitrogens with zero attached hydrogens (tertiary/aromatic N) is 1. The smallest absolute Gasteiger partial charge is 0.248 e. The molecule has 0 heterocycles. The number of alkyl halides is 3. The lowest BCUT2D eigenvalue weighted by atomic mass is 9.86. The van der Waals surface area contributed by atoms with Gasteiger partial charge in [0.1, 0.15) is 0 Å². The molecule has 0 aromatic carbocycles. The first kappa shape index (κ1) is 15.9. The van der Waals surface area contributed by atoms with E-state index in [0.717, 1.165) is 31.1 Å². The lowest BCUT2D eigenvalue weighted by Gasteiger charge is -2.30. The molecule has 1 rings (SSSR count). The van der Waals surface area contributed by atoms with Crippen molar-refractivity contribution >= 4 is 21.8 Å². The average Bonchev–Trinajstić information content (AvgIpc) is 2.33. The molecule has 0 bridgehead atoms. The number of halogens is 3. The standard InChI is InChI=1S/C13H22BrF2NO/c1-17(10-4-2-3-9-14)12(18)11-5-7-13(15,16)8-6-11/h11H,2-10H2,1H3. The second kappa shape index (κ2) is 7.41. The first-order valence-electron chi connectivity index (χ1n) is 6.65. The molecule has 0 unspecified atom stereocenters. The van der Waals surface area contributed by atoms with Crippen molar-refractivity contribution in [2.45, 2.75) is 50.9 Å². The molecule has 1 amide bonds. The number of amides is 1. The van der Waals surface area contributed by atoms with Gasteiger partial charge in [0, 0.05) is 37.7 Å². The molecule has 106 valence electrons. The molecule has 0 spiro atoms. The predicted molar refractivity (Wildman–Crippen MR) is 72.2 cm³/mol. The molecule has 0 saturated heterocycles. The van der Waals surface area contributed by atoms with E-state index in [1.807, 2.05) is 0 Å². The molecule has 0 radical (unpaired) electrons. The Kier molecular flexibility index (Phi) is 6.53. The van der Waals surface area contributed by atoms with Gasteiger partial charge in [0.15, 0.2) is 0 Å². The van der Waals surface area contributed by atoms with Crippen LogP contribution in [0.1, 0.15) is 44.9 Å². The molecule has 1 saturated carbocycles. The van der Waals surface area contributed by atoms with Crippen molar-refractivity contribution in [2.24, 2.45) is 5.92 Å². The molecular formula is C13H22BrF2NO. The summed E-state index contributed by atoms with van der Waals surface area (Å²) in [4.78, 5) is 13.8. The van der Waals surface area contributed by atoms with Crippen LogP contribution in [0.25, 0.3) is 0 Å². The molecule has 0 aromatic heterocycles. The molecule has 0 atom stereocenters. The Bertz CT molecular complexity index is 264. The summed E-state index contributed by atoms with van der Waals surface area (Å²) in [5.41, 5.74) is 0.